The van der Waals surface area contributed by atoms with Gasteiger partial charge in [-0.15, -0.1) is 0 Å². The summed E-state index contributed by atoms with van der Waals surface area (Å²) >= 11 is 0. The van der Waals surface area contributed by atoms with Gasteiger partial charge in [-0.3, -0.25) is 0 Å². The molecule has 0 aromatic carbocycles. The van der Waals surface area contributed by atoms with Crippen molar-refractivity contribution >= 4 is 0 Å². The van der Waals surface area contributed by atoms with Crippen LogP contribution in [0, 0.1) is 29.1 Å². The number of hydrogen-bond acceptors (Lipinski definition) is 3. The highest BCUT2D eigenvalue weighted by Crippen LogP contribution is 2.62. The molecule has 3 N–H and O–H groups in total. The molecule has 3 aliphatic carbocycles. The smallest absolute Gasteiger partial charge is 0.0811 e. The van der Waals surface area contributed by atoms with Crippen molar-refractivity contribution < 1.29 is 15.3 Å². The molecule has 3 nitrogen and oxygen atoms in total. The zero-order valence-corrected chi connectivity index (χ0v) is 20.5. The molecular formula is C28H46O3. The van der Waals surface area contributed by atoms with Crippen molar-refractivity contribution in [3.63, 3.8) is 0 Å². The van der Waals surface area contributed by atoms with Crippen LogP contribution in [0.2, 0.25) is 0 Å². The average molecular weight is 431 g/mol. The fourth-order valence-corrected chi connectivity index (χ4v) is 7.01. The third-order valence-electron chi connectivity index (χ3n) is 9.09. The van der Waals surface area contributed by atoms with Crippen LogP contribution < -0.4 is 0 Å². The van der Waals surface area contributed by atoms with Crippen molar-refractivity contribution in [3.8, 4) is 0 Å². The quantitative estimate of drug-likeness (QED) is 0.488. The van der Waals surface area contributed by atoms with Crippen LogP contribution in [0.4, 0.5) is 0 Å². The van der Waals surface area contributed by atoms with Crippen molar-refractivity contribution in [2.45, 2.75) is 110 Å². The number of aliphatic hydroxyl groups excluding tert-OH is 2. The number of allylic oxidation sites excluding steroid dienone is 3. The summed E-state index contributed by atoms with van der Waals surface area (Å²) in [6.07, 6.45) is 12.5. The highest BCUT2D eigenvalue weighted by atomic mass is 16.3. The lowest BCUT2D eigenvalue weighted by molar-refractivity contribution is 0.0314. The molecule has 3 heteroatoms. The molecule has 0 bridgehead atoms. The number of rotatable bonds is 6. The molecule has 0 spiro atoms. The SMILES string of the molecule is C=C1/C(=C\C=C2/CC[C@@H](C)[C@]3(C)[C@@H]([C@H](C)CCCC(C)(C)O)CC[C@@H]23)C[C@@H](O)C[C@@H]1O. The molecule has 31 heavy (non-hydrogen) atoms. The summed E-state index contributed by atoms with van der Waals surface area (Å²) in [5.41, 5.74) is 3.11. The minimum atomic E-state index is -0.620. The van der Waals surface area contributed by atoms with Gasteiger partial charge in [-0.2, -0.15) is 0 Å². The van der Waals surface area contributed by atoms with Gasteiger partial charge in [-0.1, -0.05) is 57.9 Å². The van der Waals surface area contributed by atoms with Gasteiger partial charge >= 0.3 is 0 Å². The molecule has 0 amide bonds. The van der Waals surface area contributed by atoms with E-state index in [9.17, 15) is 15.3 Å². The summed E-state index contributed by atoms with van der Waals surface area (Å²) in [6, 6.07) is 0. The Morgan fingerprint density at radius 1 is 1.19 bits per heavy atom. The Kier molecular flexibility index (Phi) is 7.61. The van der Waals surface area contributed by atoms with Gasteiger partial charge in [0.25, 0.3) is 0 Å². The van der Waals surface area contributed by atoms with E-state index in [-0.39, 0.29) is 0 Å². The van der Waals surface area contributed by atoms with Crippen molar-refractivity contribution in [1.29, 1.82) is 0 Å². The fourth-order valence-electron chi connectivity index (χ4n) is 7.01. The van der Waals surface area contributed by atoms with Crippen LogP contribution in [-0.2, 0) is 0 Å². The molecule has 0 aliphatic heterocycles. The molecule has 3 rings (SSSR count). The summed E-state index contributed by atoms with van der Waals surface area (Å²) in [5, 5.41) is 30.3. The zero-order valence-electron chi connectivity index (χ0n) is 20.5. The van der Waals surface area contributed by atoms with Crippen LogP contribution in [-0.4, -0.2) is 33.1 Å². The third kappa shape index (κ3) is 5.37. The molecule has 0 unspecified atom stereocenters. The summed E-state index contributed by atoms with van der Waals surface area (Å²) < 4.78 is 0. The highest BCUT2D eigenvalue weighted by Gasteiger charge is 2.53. The van der Waals surface area contributed by atoms with Gasteiger partial charge in [-0.25, -0.2) is 0 Å². The Labute approximate surface area is 190 Å². The lowest BCUT2D eigenvalue weighted by Crippen LogP contribution is -2.42. The Balaban J connectivity index is 1.75. The van der Waals surface area contributed by atoms with Gasteiger partial charge < -0.3 is 15.3 Å². The largest absolute Gasteiger partial charge is 0.393 e. The average Bonchev–Trinajstić information content (AvgIpc) is 3.03. The first-order valence-electron chi connectivity index (χ1n) is 12.6. The predicted octanol–water partition coefficient (Wildman–Crippen LogP) is 5.95. The van der Waals surface area contributed by atoms with E-state index < -0.39 is 17.8 Å². The zero-order chi connectivity index (χ0) is 23.0. The standard InChI is InChI=1S/C28H46O3/c1-18(8-7-15-27(4,5)31)24-13-14-25-21(10-9-19(2)28(24,25)6)11-12-22-16-23(29)17-26(30)20(22)3/h11-12,18-19,23-26,29-31H,3,7-10,13-17H2,1-2,4-6H3/b21-11+,22-12-/t18-,19-,23-,24-,25+,26+,28-/m1/s1. The number of aliphatic hydroxyl groups is 3. The van der Waals surface area contributed by atoms with Gasteiger partial charge in [0, 0.05) is 6.42 Å². The Morgan fingerprint density at radius 3 is 2.58 bits per heavy atom. The van der Waals surface area contributed by atoms with Crippen molar-refractivity contribution in [3.05, 3.63) is 35.5 Å². The molecule has 0 radical (unpaired) electrons. The van der Waals surface area contributed by atoms with Crippen molar-refractivity contribution in [2.24, 2.45) is 29.1 Å². The predicted molar refractivity (Wildman–Crippen MR) is 129 cm³/mol. The van der Waals surface area contributed by atoms with Gasteiger partial charge in [0.05, 0.1) is 17.8 Å². The second-order valence-electron chi connectivity index (χ2n) is 11.8. The van der Waals surface area contributed by atoms with Crippen LogP contribution in [0.25, 0.3) is 0 Å². The Hall–Kier alpha value is -0.900. The summed E-state index contributed by atoms with van der Waals surface area (Å²) in [7, 11) is 0. The van der Waals surface area contributed by atoms with Crippen LogP contribution in [0.1, 0.15) is 92.4 Å². The van der Waals surface area contributed by atoms with Crippen LogP contribution in [0.15, 0.2) is 35.5 Å². The number of fused-ring (bicyclic) bond motifs is 1. The van der Waals surface area contributed by atoms with E-state index in [1.165, 1.54) is 25.7 Å². The number of hydrogen-bond donors (Lipinski definition) is 3. The third-order valence-corrected chi connectivity index (χ3v) is 9.09. The highest BCUT2D eigenvalue weighted by molar-refractivity contribution is 5.38. The Morgan fingerprint density at radius 2 is 1.90 bits per heavy atom. The van der Waals surface area contributed by atoms with E-state index in [2.05, 4.69) is 39.5 Å². The minimum absolute atomic E-state index is 0.333. The molecule has 0 saturated heterocycles. The first-order chi connectivity index (χ1) is 14.4. The van der Waals surface area contributed by atoms with Gasteiger partial charge in [0.2, 0.25) is 0 Å². The molecule has 7 atom stereocenters. The summed E-state index contributed by atoms with van der Waals surface area (Å²) in [5.74, 6) is 2.77. The monoisotopic (exact) mass is 430 g/mol. The van der Waals surface area contributed by atoms with E-state index in [0.29, 0.717) is 30.1 Å². The van der Waals surface area contributed by atoms with E-state index in [0.717, 1.165) is 42.2 Å². The summed E-state index contributed by atoms with van der Waals surface area (Å²) in [6.45, 7) is 15.3. The first kappa shape index (κ1) is 24.7. The van der Waals surface area contributed by atoms with E-state index in [1.807, 2.05) is 13.8 Å². The van der Waals surface area contributed by atoms with Gasteiger partial charge in [-0.05, 0) is 92.6 Å². The molecule has 3 fully saturated rings. The van der Waals surface area contributed by atoms with Gasteiger partial charge in [0.15, 0.2) is 0 Å². The van der Waals surface area contributed by atoms with Crippen molar-refractivity contribution in [2.75, 3.05) is 0 Å². The Bertz CT molecular complexity index is 712. The molecule has 3 aliphatic rings. The maximum atomic E-state index is 10.2. The van der Waals surface area contributed by atoms with E-state index in [1.54, 1.807) is 5.57 Å². The van der Waals surface area contributed by atoms with Crippen LogP contribution >= 0.6 is 0 Å². The first-order valence-corrected chi connectivity index (χ1v) is 12.6. The fraction of sp³-hybridized carbons (Fsp3) is 0.786. The van der Waals surface area contributed by atoms with Crippen molar-refractivity contribution in [1.82, 2.24) is 0 Å². The maximum Gasteiger partial charge on any atom is 0.0811 e. The minimum Gasteiger partial charge on any atom is -0.393 e. The lowest BCUT2D eigenvalue weighted by atomic mass is 9.56. The van der Waals surface area contributed by atoms with Crippen LogP contribution in [0.3, 0.4) is 0 Å². The molecule has 176 valence electrons. The normalized spacial score (nSPS) is 40.4. The van der Waals surface area contributed by atoms with Crippen LogP contribution in [0.5, 0.6) is 0 Å². The molecule has 3 saturated carbocycles. The second kappa shape index (κ2) is 9.53. The molecule has 0 aromatic heterocycles. The van der Waals surface area contributed by atoms with Gasteiger partial charge in [0.1, 0.15) is 0 Å². The van der Waals surface area contributed by atoms with E-state index >= 15 is 0 Å². The topological polar surface area (TPSA) is 60.7 Å². The molecular weight excluding hydrogens is 384 g/mol. The summed E-state index contributed by atoms with van der Waals surface area (Å²) in [4.78, 5) is 0. The second-order valence-corrected chi connectivity index (χ2v) is 11.8. The maximum absolute atomic E-state index is 10.2. The molecule has 0 aromatic rings. The molecule has 0 heterocycles. The van der Waals surface area contributed by atoms with E-state index in [4.69, 9.17) is 0 Å². The lowest BCUT2D eigenvalue weighted by Gasteiger charge is -2.49.